The molecule has 0 radical (unpaired) electrons. The van der Waals surface area contributed by atoms with E-state index in [4.69, 9.17) is 12.2 Å². The molecule has 20 heavy (non-hydrogen) atoms. The predicted octanol–water partition coefficient (Wildman–Crippen LogP) is 1.07. The lowest BCUT2D eigenvalue weighted by molar-refractivity contribution is -0.153. The summed E-state index contributed by atoms with van der Waals surface area (Å²) in [6.45, 7) is 1.32. The first kappa shape index (κ1) is 14.1. The summed E-state index contributed by atoms with van der Waals surface area (Å²) in [5.41, 5.74) is -1.69. The van der Waals surface area contributed by atoms with E-state index in [1.165, 1.54) is 37.1 Å². The van der Waals surface area contributed by atoms with Gasteiger partial charge in [0.15, 0.2) is 5.78 Å². The van der Waals surface area contributed by atoms with Crippen molar-refractivity contribution >= 4 is 40.6 Å². The van der Waals surface area contributed by atoms with Gasteiger partial charge in [-0.1, -0.05) is 12.2 Å². The van der Waals surface area contributed by atoms with Crippen LogP contribution in [-0.4, -0.2) is 40.0 Å². The highest BCUT2D eigenvalue weighted by Crippen LogP contribution is 2.43. The number of anilines is 1. The number of thiocarbonyl (C=S) groups is 1. The Hall–Kier alpha value is -2.28. The van der Waals surface area contributed by atoms with E-state index in [2.05, 4.69) is 0 Å². The number of carbonyl (C=O) groups is 3. The quantitative estimate of drug-likeness (QED) is 0.489. The van der Waals surface area contributed by atoms with Crippen LogP contribution in [0, 0.1) is 0 Å². The summed E-state index contributed by atoms with van der Waals surface area (Å²) < 4.78 is 0. The van der Waals surface area contributed by atoms with Crippen LogP contribution in [0.1, 0.15) is 22.8 Å². The van der Waals surface area contributed by atoms with E-state index in [0.717, 1.165) is 0 Å². The van der Waals surface area contributed by atoms with Gasteiger partial charge in [0, 0.05) is 23.9 Å². The average molecular weight is 293 g/mol. The van der Waals surface area contributed by atoms with Crippen molar-refractivity contribution < 1.29 is 24.6 Å². The molecule has 0 aliphatic carbocycles. The number of nitrogens with zero attached hydrogens (tertiary/aromatic N) is 1. The number of fused-ring (bicyclic) bond motifs is 1. The number of hydrogen-bond acceptors (Lipinski definition) is 4. The van der Waals surface area contributed by atoms with E-state index < -0.39 is 17.4 Å². The Morgan fingerprint density at radius 3 is 2.20 bits per heavy atom. The van der Waals surface area contributed by atoms with Crippen LogP contribution in [0.2, 0.25) is 0 Å². The summed E-state index contributed by atoms with van der Waals surface area (Å²) in [7, 11) is 1.50. The number of aliphatic carboxylic acids is 2. The molecular weight excluding hydrogens is 282 g/mol. The van der Waals surface area contributed by atoms with Gasteiger partial charge in [0.25, 0.3) is 0 Å². The SMILES string of the molecule is CC(=O)c1ccc2c(c1)C(C(=O)O)(C(=O)O)C(=S)N2C. The van der Waals surface area contributed by atoms with E-state index in [1.807, 2.05) is 0 Å². The normalized spacial score (nSPS) is 15.9. The monoisotopic (exact) mass is 293 g/mol. The van der Waals surface area contributed by atoms with Crippen LogP contribution in [0.15, 0.2) is 18.2 Å². The lowest BCUT2D eigenvalue weighted by atomic mass is 9.81. The highest BCUT2D eigenvalue weighted by Gasteiger charge is 2.59. The third kappa shape index (κ3) is 1.56. The summed E-state index contributed by atoms with van der Waals surface area (Å²) in [6, 6.07) is 4.31. The molecule has 0 bridgehead atoms. The van der Waals surface area contributed by atoms with Gasteiger partial charge in [-0.3, -0.25) is 14.4 Å². The predicted molar refractivity (Wildman–Crippen MR) is 74.4 cm³/mol. The van der Waals surface area contributed by atoms with Gasteiger partial charge in [0.1, 0.15) is 4.99 Å². The van der Waals surface area contributed by atoms with Crippen LogP contribution in [0.3, 0.4) is 0 Å². The van der Waals surface area contributed by atoms with Crippen LogP contribution in [0.4, 0.5) is 5.69 Å². The van der Waals surface area contributed by atoms with Gasteiger partial charge in [-0.25, -0.2) is 0 Å². The highest BCUT2D eigenvalue weighted by molar-refractivity contribution is 7.81. The number of carboxylic acids is 2. The van der Waals surface area contributed by atoms with Crippen molar-refractivity contribution in [2.24, 2.45) is 0 Å². The number of ketones is 1. The number of carboxylic acid groups (broad SMARTS) is 2. The van der Waals surface area contributed by atoms with Crippen molar-refractivity contribution in [3.8, 4) is 0 Å². The van der Waals surface area contributed by atoms with Crippen LogP contribution in [0.5, 0.6) is 0 Å². The molecule has 0 unspecified atom stereocenters. The van der Waals surface area contributed by atoms with E-state index in [1.54, 1.807) is 0 Å². The topological polar surface area (TPSA) is 94.9 Å². The zero-order valence-corrected chi connectivity index (χ0v) is 11.5. The molecule has 2 N–H and O–H groups in total. The van der Waals surface area contributed by atoms with E-state index >= 15 is 0 Å². The first-order valence-corrected chi connectivity index (χ1v) is 6.05. The standard InChI is InChI=1S/C13H11NO5S/c1-6(15)7-3-4-9-8(5-7)13(11(16)17,12(18)19)10(20)14(9)2/h3-5H,1-2H3,(H,16,17)(H,18,19). The Balaban J connectivity index is 2.85. The molecule has 1 aromatic carbocycles. The molecule has 0 amide bonds. The van der Waals surface area contributed by atoms with E-state index in [0.29, 0.717) is 5.69 Å². The minimum absolute atomic E-state index is 0.0118. The van der Waals surface area contributed by atoms with Crippen molar-refractivity contribution in [2.45, 2.75) is 12.3 Å². The molecule has 0 aromatic heterocycles. The summed E-state index contributed by atoms with van der Waals surface area (Å²) >= 11 is 5.02. The van der Waals surface area contributed by atoms with Gasteiger partial charge in [0.05, 0.1) is 0 Å². The van der Waals surface area contributed by atoms with Crippen molar-refractivity contribution in [3.05, 3.63) is 29.3 Å². The molecule has 0 atom stereocenters. The Labute approximate surface area is 119 Å². The fraction of sp³-hybridized carbons (Fsp3) is 0.231. The summed E-state index contributed by atoms with van der Waals surface area (Å²) in [5, 5.41) is 18.8. The van der Waals surface area contributed by atoms with Crippen LogP contribution >= 0.6 is 12.2 Å². The Morgan fingerprint density at radius 1 is 1.20 bits per heavy atom. The minimum atomic E-state index is -2.33. The first-order valence-electron chi connectivity index (χ1n) is 5.65. The molecule has 0 fully saturated rings. The largest absolute Gasteiger partial charge is 0.480 e. The minimum Gasteiger partial charge on any atom is -0.480 e. The van der Waals surface area contributed by atoms with Crippen LogP contribution in [0.25, 0.3) is 0 Å². The zero-order chi connectivity index (χ0) is 15.2. The molecule has 2 rings (SSSR count). The number of likely N-dealkylation sites (N-methyl/N-ethyl adjacent to an activating group) is 1. The summed E-state index contributed by atoms with van der Waals surface area (Å²) in [4.78, 5) is 35.7. The van der Waals surface area contributed by atoms with E-state index in [9.17, 15) is 24.6 Å². The fourth-order valence-electron chi connectivity index (χ4n) is 2.33. The van der Waals surface area contributed by atoms with Crippen LogP contribution < -0.4 is 4.90 Å². The molecule has 0 saturated carbocycles. The third-order valence-corrected chi connectivity index (χ3v) is 4.02. The molecule has 104 valence electrons. The second-order valence-corrected chi connectivity index (χ2v) is 4.90. The number of hydrogen-bond donors (Lipinski definition) is 2. The highest BCUT2D eigenvalue weighted by atomic mass is 32.1. The zero-order valence-electron chi connectivity index (χ0n) is 10.7. The summed E-state index contributed by atoms with van der Waals surface area (Å²) in [6.07, 6.45) is 0. The maximum absolute atomic E-state index is 11.6. The maximum atomic E-state index is 11.6. The molecule has 7 heteroatoms. The van der Waals surface area contributed by atoms with Gasteiger partial charge in [0.2, 0.25) is 5.41 Å². The lowest BCUT2D eigenvalue weighted by Gasteiger charge is -2.21. The third-order valence-electron chi connectivity index (χ3n) is 3.44. The van der Waals surface area contributed by atoms with Crippen LogP contribution in [-0.2, 0) is 15.0 Å². The molecule has 6 nitrogen and oxygen atoms in total. The maximum Gasteiger partial charge on any atom is 0.332 e. The van der Waals surface area contributed by atoms with Gasteiger partial charge in [-0.05, 0) is 25.1 Å². The molecular formula is C13H11NO5S. The number of carbonyl (C=O) groups excluding carboxylic acids is 1. The van der Waals surface area contributed by atoms with Crippen molar-refractivity contribution in [2.75, 3.05) is 11.9 Å². The first-order chi connectivity index (χ1) is 9.24. The van der Waals surface area contributed by atoms with E-state index in [-0.39, 0.29) is 21.9 Å². The number of benzene rings is 1. The Bertz CT molecular complexity index is 653. The number of rotatable bonds is 3. The molecule has 0 spiro atoms. The van der Waals surface area contributed by atoms with Crippen molar-refractivity contribution in [1.82, 2.24) is 0 Å². The molecule has 0 saturated heterocycles. The fourth-order valence-corrected chi connectivity index (χ4v) is 2.71. The summed E-state index contributed by atoms with van der Waals surface area (Å²) in [5.74, 6) is -3.42. The Morgan fingerprint density at radius 2 is 1.75 bits per heavy atom. The molecule has 1 heterocycles. The smallest absolute Gasteiger partial charge is 0.332 e. The lowest BCUT2D eigenvalue weighted by Crippen LogP contribution is -2.50. The Kier molecular flexibility index (Phi) is 3.09. The molecule has 1 aromatic rings. The average Bonchev–Trinajstić information content (AvgIpc) is 2.59. The van der Waals surface area contributed by atoms with Gasteiger partial charge in [-0.15, -0.1) is 0 Å². The van der Waals surface area contributed by atoms with Crippen molar-refractivity contribution in [3.63, 3.8) is 0 Å². The van der Waals surface area contributed by atoms with Crippen molar-refractivity contribution in [1.29, 1.82) is 0 Å². The van der Waals surface area contributed by atoms with Gasteiger partial charge < -0.3 is 15.1 Å². The number of Topliss-reactive ketones (excluding diaryl/α,β-unsaturated/α-hetero) is 1. The molecule has 1 aliphatic heterocycles. The second-order valence-electron chi connectivity index (χ2n) is 4.51. The van der Waals surface area contributed by atoms with Gasteiger partial charge in [-0.2, -0.15) is 0 Å². The molecule has 1 aliphatic rings. The second kappa shape index (κ2) is 4.38. The van der Waals surface area contributed by atoms with Gasteiger partial charge >= 0.3 is 11.9 Å².